The van der Waals surface area contributed by atoms with Gasteiger partial charge in [-0.25, -0.2) is 9.97 Å². The SMILES string of the molecule is CC(C)N(Cc1cccs1)c1ncnc2ccc(N)cc12. The normalized spacial score (nSPS) is 11.2. The number of hydrogen-bond donors (Lipinski definition) is 1. The monoisotopic (exact) mass is 298 g/mol. The lowest BCUT2D eigenvalue weighted by Gasteiger charge is -2.28. The number of rotatable bonds is 4. The fourth-order valence-electron chi connectivity index (χ4n) is 2.36. The summed E-state index contributed by atoms with van der Waals surface area (Å²) in [5, 5.41) is 3.10. The highest BCUT2D eigenvalue weighted by Gasteiger charge is 2.16. The van der Waals surface area contributed by atoms with Crippen molar-refractivity contribution in [3.8, 4) is 0 Å². The van der Waals surface area contributed by atoms with E-state index in [0.29, 0.717) is 6.04 Å². The Morgan fingerprint density at radius 3 is 2.81 bits per heavy atom. The minimum atomic E-state index is 0.339. The molecule has 2 heterocycles. The summed E-state index contributed by atoms with van der Waals surface area (Å²) in [6.07, 6.45) is 1.62. The maximum Gasteiger partial charge on any atom is 0.140 e. The van der Waals surface area contributed by atoms with Crippen LogP contribution in [0.25, 0.3) is 10.9 Å². The van der Waals surface area contributed by atoms with Crippen LogP contribution in [-0.2, 0) is 6.54 Å². The number of nitrogen functional groups attached to an aromatic ring is 1. The van der Waals surface area contributed by atoms with Gasteiger partial charge in [-0.05, 0) is 43.5 Å². The van der Waals surface area contributed by atoms with Crippen molar-refractivity contribution in [3.63, 3.8) is 0 Å². The lowest BCUT2D eigenvalue weighted by atomic mass is 10.2. The summed E-state index contributed by atoms with van der Waals surface area (Å²) >= 11 is 1.76. The van der Waals surface area contributed by atoms with Gasteiger partial charge >= 0.3 is 0 Å². The van der Waals surface area contributed by atoms with Crippen LogP contribution in [0.1, 0.15) is 18.7 Å². The topological polar surface area (TPSA) is 55.0 Å². The highest BCUT2D eigenvalue weighted by atomic mass is 32.1. The molecule has 0 unspecified atom stereocenters. The van der Waals surface area contributed by atoms with E-state index in [1.165, 1.54) is 4.88 Å². The van der Waals surface area contributed by atoms with Crippen LogP contribution < -0.4 is 10.6 Å². The van der Waals surface area contributed by atoms with Crippen LogP contribution in [0, 0.1) is 0 Å². The van der Waals surface area contributed by atoms with Gasteiger partial charge in [0, 0.05) is 22.0 Å². The second kappa shape index (κ2) is 5.69. The van der Waals surface area contributed by atoms with E-state index in [4.69, 9.17) is 5.73 Å². The molecule has 3 rings (SSSR count). The first kappa shape index (κ1) is 13.8. The molecule has 0 saturated carbocycles. The zero-order valence-corrected chi connectivity index (χ0v) is 13.0. The Morgan fingerprint density at radius 2 is 2.10 bits per heavy atom. The van der Waals surface area contributed by atoms with Crippen molar-refractivity contribution in [3.05, 3.63) is 46.9 Å². The molecular weight excluding hydrogens is 280 g/mol. The van der Waals surface area contributed by atoms with Crippen LogP contribution in [0.5, 0.6) is 0 Å². The summed E-state index contributed by atoms with van der Waals surface area (Å²) in [4.78, 5) is 12.5. The fraction of sp³-hybridized carbons (Fsp3) is 0.250. The Morgan fingerprint density at radius 1 is 1.24 bits per heavy atom. The van der Waals surface area contributed by atoms with Crippen LogP contribution in [0.4, 0.5) is 11.5 Å². The number of hydrogen-bond acceptors (Lipinski definition) is 5. The van der Waals surface area contributed by atoms with E-state index in [1.54, 1.807) is 17.7 Å². The summed E-state index contributed by atoms with van der Waals surface area (Å²) in [7, 11) is 0. The van der Waals surface area contributed by atoms with Crippen LogP contribution in [0.3, 0.4) is 0 Å². The Labute approximate surface area is 128 Å². The second-order valence-electron chi connectivity index (χ2n) is 5.27. The van der Waals surface area contributed by atoms with Crippen LogP contribution in [-0.4, -0.2) is 16.0 Å². The Bertz CT molecular complexity index is 737. The van der Waals surface area contributed by atoms with E-state index in [1.807, 2.05) is 18.2 Å². The maximum atomic E-state index is 5.93. The molecule has 0 aliphatic carbocycles. The number of nitrogens with two attached hydrogens (primary N) is 1. The zero-order valence-electron chi connectivity index (χ0n) is 12.2. The number of anilines is 2. The minimum Gasteiger partial charge on any atom is -0.399 e. The van der Waals surface area contributed by atoms with Crippen molar-refractivity contribution >= 4 is 33.7 Å². The maximum absolute atomic E-state index is 5.93. The highest BCUT2D eigenvalue weighted by molar-refractivity contribution is 7.09. The molecule has 21 heavy (non-hydrogen) atoms. The van der Waals surface area contributed by atoms with Gasteiger partial charge in [0.2, 0.25) is 0 Å². The van der Waals surface area contributed by atoms with Crippen molar-refractivity contribution < 1.29 is 0 Å². The predicted octanol–water partition coefficient (Wildman–Crippen LogP) is 3.69. The Hall–Kier alpha value is -2.14. The second-order valence-corrected chi connectivity index (χ2v) is 6.31. The third-order valence-corrected chi connectivity index (χ3v) is 4.30. The standard InChI is InChI=1S/C16H18N4S/c1-11(2)20(9-13-4-3-7-21-13)16-14-8-12(17)5-6-15(14)18-10-19-16/h3-8,10-11H,9,17H2,1-2H3. The summed E-state index contributed by atoms with van der Waals surface area (Å²) in [5.74, 6) is 0.940. The summed E-state index contributed by atoms with van der Waals surface area (Å²) in [6.45, 7) is 5.19. The molecule has 0 atom stereocenters. The number of nitrogens with zero attached hydrogens (tertiary/aromatic N) is 3. The van der Waals surface area contributed by atoms with E-state index in [-0.39, 0.29) is 0 Å². The van der Waals surface area contributed by atoms with E-state index >= 15 is 0 Å². The molecule has 2 aromatic heterocycles. The van der Waals surface area contributed by atoms with Crippen molar-refractivity contribution in [1.82, 2.24) is 9.97 Å². The predicted molar refractivity (Wildman–Crippen MR) is 89.6 cm³/mol. The molecule has 108 valence electrons. The molecule has 0 spiro atoms. The average molecular weight is 298 g/mol. The van der Waals surface area contributed by atoms with Crippen LogP contribution in [0.15, 0.2) is 42.0 Å². The first-order chi connectivity index (χ1) is 10.1. The molecule has 5 heteroatoms. The molecular formula is C16H18N4S. The van der Waals surface area contributed by atoms with E-state index in [9.17, 15) is 0 Å². The number of fused-ring (bicyclic) bond motifs is 1. The third kappa shape index (κ3) is 2.83. The first-order valence-electron chi connectivity index (χ1n) is 6.94. The van der Waals surface area contributed by atoms with Crippen LogP contribution >= 0.6 is 11.3 Å². The van der Waals surface area contributed by atoms with Crippen molar-refractivity contribution in [1.29, 1.82) is 0 Å². The molecule has 0 fully saturated rings. The van der Waals surface area contributed by atoms with Crippen molar-refractivity contribution in [2.45, 2.75) is 26.4 Å². The summed E-state index contributed by atoms with van der Waals surface area (Å²) in [5.41, 5.74) is 7.59. The van der Waals surface area contributed by atoms with Gasteiger partial charge in [0.1, 0.15) is 12.1 Å². The fourth-order valence-corrected chi connectivity index (χ4v) is 3.06. The Kier molecular flexibility index (Phi) is 3.75. The quantitative estimate of drug-likeness (QED) is 0.746. The van der Waals surface area contributed by atoms with Crippen molar-refractivity contribution in [2.24, 2.45) is 0 Å². The van der Waals surface area contributed by atoms with Crippen molar-refractivity contribution in [2.75, 3.05) is 10.6 Å². The number of aromatic nitrogens is 2. The van der Waals surface area contributed by atoms with Gasteiger partial charge in [-0.1, -0.05) is 6.07 Å². The van der Waals surface area contributed by atoms with Gasteiger partial charge in [-0.15, -0.1) is 11.3 Å². The molecule has 0 saturated heterocycles. The first-order valence-corrected chi connectivity index (χ1v) is 7.82. The van der Waals surface area contributed by atoms with Gasteiger partial charge in [0.05, 0.1) is 12.1 Å². The Balaban J connectivity index is 2.08. The molecule has 0 aliphatic rings. The molecule has 2 N–H and O–H groups in total. The molecule has 3 aromatic rings. The summed E-state index contributed by atoms with van der Waals surface area (Å²) < 4.78 is 0. The van der Waals surface area contributed by atoms with E-state index in [0.717, 1.165) is 29.0 Å². The largest absolute Gasteiger partial charge is 0.399 e. The van der Waals surface area contributed by atoms with Gasteiger partial charge in [-0.2, -0.15) is 0 Å². The minimum absolute atomic E-state index is 0.339. The van der Waals surface area contributed by atoms with Gasteiger partial charge in [-0.3, -0.25) is 0 Å². The van der Waals surface area contributed by atoms with Gasteiger partial charge < -0.3 is 10.6 Å². The summed E-state index contributed by atoms with van der Waals surface area (Å²) in [6, 6.07) is 10.3. The molecule has 0 aliphatic heterocycles. The molecule has 1 aromatic carbocycles. The molecule has 4 nitrogen and oxygen atoms in total. The lowest BCUT2D eigenvalue weighted by molar-refractivity contribution is 0.679. The number of benzene rings is 1. The van der Waals surface area contributed by atoms with Gasteiger partial charge in [0.25, 0.3) is 0 Å². The molecule has 0 bridgehead atoms. The average Bonchev–Trinajstić information content (AvgIpc) is 2.97. The molecule has 0 radical (unpaired) electrons. The molecule has 0 amide bonds. The number of thiophene rings is 1. The third-order valence-electron chi connectivity index (χ3n) is 3.44. The van der Waals surface area contributed by atoms with Gasteiger partial charge in [0.15, 0.2) is 0 Å². The van der Waals surface area contributed by atoms with Crippen LogP contribution in [0.2, 0.25) is 0 Å². The van der Waals surface area contributed by atoms with E-state index < -0.39 is 0 Å². The lowest BCUT2D eigenvalue weighted by Crippen LogP contribution is -2.30. The van der Waals surface area contributed by atoms with E-state index in [2.05, 4.69) is 46.2 Å². The highest BCUT2D eigenvalue weighted by Crippen LogP contribution is 2.28. The zero-order chi connectivity index (χ0) is 14.8. The smallest absolute Gasteiger partial charge is 0.140 e.